The van der Waals surface area contributed by atoms with Crippen molar-refractivity contribution in [2.45, 2.75) is 13.1 Å². The molecule has 2 amide bonds. The van der Waals surface area contributed by atoms with Crippen LogP contribution < -0.4 is 10.6 Å². The first-order chi connectivity index (χ1) is 14.0. The normalized spacial score (nSPS) is 10.6. The average molecular weight is 387 g/mol. The van der Waals surface area contributed by atoms with Crippen molar-refractivity contribution in [1.29, 1.82) is 0 Å². The van der Waals surface area contributed by atoms with Gasteiger partial charge in [0.2, 0.25) is 0 Å². The van der Waals surface area contributed by atoms with E-state index in [1.54, 1.807) is 48.5 Å². The zero-order valence-electron chi connectivity index (χ0n) is 16.7. The predicted octanol–water partition coefficient (Wildman–Crippen LogP) is 3.93. The molecule has 5 heteroatoms. The second-order valence-electron chi connectivity index (χ2n) is 7.05. The van der Waals surface area contributed by atoms with E-state index in [2.05, 4.69) is 21.6 Å². The predicted molar refractivity (Wildman–Crippen MR) is 116 cm³/mol. The van der Waals surface area contributed by atoms with Crippen LogP contribution in [0.4, 0.5) is 5.69 Å². The maximum absolute atomic E-state index is 12.8. The molecular weight excluding hydrogens is 362 g/mol. The molecule has 0 aliphatic carbocycles. The molecule has 2 N–H and O–H groups in total. The highest BCUT2D eigenvalue weighted by Crippen LogP contribution is 2.17. The molecule has 0 bridgehead atoms. The number of carbonyl (C=O) groups excluding carboxylic acids is 2. The Bertz CT molecular complexity index is 984. The average Bonchev–Trinajstić information content (AvgIpc) is 2.73. The molecule has 3 aromatic rings. The van der Waals surface area contributed by atoms with E-state index in [0.717, 1.165) is 12.1 Å². The highest BCUT2D eigenvalue weighted by molar-refractivity contribution is 6.08. The van der Waals surface area contributed by atoms with Crippen LogP contribution in [0.1, 0.15) is 31.8 Å². The molecule has 5 nitrogen and oxygen atoms in total. The number of anilines is 1. The molecule has 0 heterocycles. The zero-order chi connectivity index (χ0) is 20.6. The quantitative estimate of drug-likeness (QED) is 0.646. The second kappa shape index (κ2) is 9.66. The number of amides is 2. The number of nitrogens with one attached hydrogen (secondary N) is 2. The Hall–Kier alpha value is -3.44. The molecule has 0 aromatic heterocycles. The SMILES string of the molecule is CN(C)Cc1ccccc1CNC(=O)c1ccccc1NC(=O)c1ccccc1. The lowest BCUT2D eigenvalue weighted by atomic mass is 10.1. The van der Waals surface area contributed by atoms with Gasteiger partial charge in [-0.1, -0.05) is 54.6 Å². The van der Waals surface area contributed by atoms with Gasteiger partial charge in [0.15, 0.2) is 0 Å². The fraction of sp³-hybridized carbons (Fsp3) is 0.167. The minimum atomic E-state index is -0.248. The molecule has 0 radical (unpaired) electrons. The van der Waals surface area contributed by atoms with Crippen molar-refractivity contribution < 1.29 is 9.59 Å². The van der Waals surface area contributed by atoms with Gasteiger partial charge in [0.05, 0.1) is 11.3 Å². The van der Waals surface area contributed by atoms with E-state index in [9.17, 15) is 9.59 Å². The Labute approximate surface area is 171 Å². The molecule has 0 spiro atoms. The monoisotopic (exact) mass is 387 g/mol. The van der Waals surface area contributed by atoms with Crippen LogP contribution in [0.3, 0.4) is 0 Å². The summed E-state index contributed by atoms with van der Waals surface area (Å²) in [5, 5.41) is 5.81. The zero-order valence-corrected chi connectivity index (χ0v) is 16.7. The largest absolute Gasteiger partial charge is 0.348 e. The van der Waals surface area contributed by atoms with E-state index in [1.807, 2.05) is 38.4 Å². The highest BCUT2D eigenvalue weighted by atomic mass is 16.2. The Balaban J connectivity index is 1.72. The molecule has 0 fully saturated rings. The first kappa shape index (κ1) is 20.3. The lowest BCUT2D eigenvalue weighted by Crippen LogP contribution is -2.25. The van der Waals surface area contributed by atoms with Crippen LogP contribution in [0.25, 0.3) is 0 Å². The number of nitrogens with zero attached hydrogens (tertiary/aromatic N) is 1. The minimum Gasteiger partial charge on any atom is -0.348 e. The van der Waals surface area contributed by atoms with E-state index in [-0.39, 0.29) is 11.8 Å². The third-order valence-electron chi connectivity index (χ3n) is 4.50. The van der Waals surface area contributed by atoms with Gasteiger partial charge >= 0.3 is 0 Å². The van der Waals surface area contributed by atoms with Gasteiger partial charge in [0.1, 0.15) is 0 Å². The third-order valence-corrected chi connectivity index (χ3v) is 4.50. The van der Waals surface area contributed by atoms with Crippen molar-refractivity contribution >= 4 is 17.5 Å². The molecule has 3 rings (SSSR count). The van der Waals surface area contributed by atoms with Gasteiger partial charge in [0.25, 0.3) is 11.8 Å². The summed E-state index contributed by atoms with van der Waals surface area (Å²) in [5.74, 6) is -0.476. The molecule has 0 aliphatic heterocycles. The van der Waals surface area contributed by atoms with Crippen LogP contribution >= 0.6 is 0 Å². The Morgan fingerprint density at radius 1 is 0.759 bits per heavy atom. The van der Waals surface area contributed by atoms with Crippen molar-refractivity contribution in [1.82, 2.24) is 10.2 Å². The van der Waals surface area contributed by atoms with Crippen molar-refractivity contribution in [3.63, 3.8) is 0 Å². The summed E-state index contributed by atoms with van der Waals surface area (Å²) in [6, 6.07) is 24.0. The van der Waals surface area contributed by atoms with E-state index in [1.165, 1.54) is 5.56 Å². The van der Waals surface area contributed by atoms with Crippen LogP contribution in [0.15, 0.2) is 78.9 Å². The number of para-hydroxylation sites is 1. The maximum Gasteiger partial charge on any atom is 0.255 e. The number of benzene rings is 3. The maximum atomic E-state index is 12.8. The topological polar surface area (TPSA) is 61.4 Å². The van der Waals surface area contributed by atoms with Crippen LogP contribution in [0.2, 0.25) is 0 Å². The lowest BCUT2D eigenvalue weighted by Gasteiger charge is -2.15. The lowest BCUT2D eigenvalue weighted by molar-refractivity contribution is 0.0951. The molecule has 0 aliphatic rings. The van der Waals surface area contributed by atoms with Gasteiger partial charge in [-0.3, -0.25) is 9.59 Å². The van der Waals surface area contributed by atoms with Crippen molar-refractivity contribution in [2.24, 2.45) is 0 Å². The first-order valence-corrected chi connectivity index (χ1v) is 9.49. The number of rotatable bonds is 7. The summed E-state index contributed by atoms with van der Waals surface area (Å²) in [6.07, 6.45) is 0. The standard InChI is InChI=1S/C24H25N3O2/c1-27(2)17-20-13-7-6-12-19(20)16-25-24(29)21-14-8-9-15-22(21)26-23(28)18-10-4-3-5-11-18/h3-15H,16-17H2,1-2H3,(H,25,29)(H,26,28). The summed E-state index contributed by atoms with van der Waals surface area (Å²) < 4.78 is 0. The molecular formula is C24H25N3O2. The van der Waals surface area contributed by atoms with Crippen molar-refractivity contribution in [2.75, 3.05) is 19.4 Å². The molecule has 29 heavy (non-hydrogen) atoms. The van der Waals surface area contributed by atoms with Gasteiger partial charge in [0, 0.05) is 18.7 Å². The smallest absolute Gasteiger partial charge is 0.255 e. The van der Waals surface area contributed by atoms with Gasteiger partial charge in [-0.25, -0.2) is 0 Å². The fourth-order valence-corrected chi connectivity index (χ4v) is 3.07. The summed E-state index contributed by atoms with van der Waals surface area (Å²) in [5.41, 5.74) is 3.70. The number of carbonyl (C=O) groups is 2. The Kier molecular flexibility index (Phi) is 6.76. The van der Waals surface area contributed by atoms with Crippen molar-refractivity contribution in [3.05, 3.63) is 101 Å². The Morgan fingerprint density at radius 3 is 2.10 bits per heavy atom. The van der Waals surface area contributed by atoms with Gasteiger partial charge in [-0.05, 0) is 49.5 Å². The van der Waals surface area contributed by atoms with Gasteiger partial charge in [-0.2, -0.15) is 0 Å². The number of hydrogen-bond donors (Lipinski definition) is 2. The fourth-order valence-electron chi connectivity index (χ4n) is 3.07. The van der Waals surface area contributed by atoms with Gasteiger partial charge < -0.3 is 15.5 Å². The highest BCUT2D eigenvalue weighted by Gasteiger charge is 2.14. The van der Waals surface area contributed by atoms with E-state index in [0.29, 0.717) is 23.4 Å². The molecule has 0 saturated carbocycles. The van der Waals surface area contributed by atoms with E-state index >= 15 is 0 Å². The van der Waals surface area contributed by atoms with Crippen molar-refractivity contribution in [3.8, 4) is 0 Å². The second-order valence-corrected chi connectivity index (χ2v) is 7.05. The minimum absolute atomic E-state index is 0.228. The molecule has 3 aromatic carbocycles. The summed E-state index contributed by atoms with van der Waals surface area (Å²) in [7, 11) is 4.03. The number of hydrogen-bond acceptors (Lipinski definition) is 3. The van der Waals surface area contributed by atoms with E-state index in [4.69, 9.17) is 0 Å². The van der Waals surface area contributed by atoms with Crippen LogP contribution in [-0.2, 0) is 13.1 Å². The van der Waals surface area contributed by atoms with Crippen LogP contribution in [-0.4, -0.2) is 30.8 Å². The summed E-state index contributed by atoms with van der Waals surface area (Å²) in [4.78, 5) is 27.4. The van der Waals surface area contributed by atoms with Gasteiger partial charge in [-0.15, -0.1) is 0 Å². The molecule has 0 saturated heterocycles. The first-order valence-electron chi connectivity index (χ1n) is 9.49. The molecule has 0 unspecified atom stereocenters. The van der Waals surface area contributed by atoms with E-state index < -0.39 is 0 Å². The van der Waals surface area contributed by atoms with Crippen LogP contribution in [0.5, 0.6) is 0 Å². The third kappa shape index (κ3) is 5.53. The summed E-state index contributed by atoms with van der Waals surface area (Å²) >= 11 is 0. The summed E-state index contributed by atoms with van der Waals surface area (Å²) in [6.45, 7) is 1.22. The Morgan fingerprint density at radius 2 is 1.38 bits per heavy atom. The van der Waals surface area contributed by atoms with Crippen LogP contribution in [0, 0.1) is 0 Å². The molecule has 148 valence electrons. The molecule has 0 atom stereocenters.